The molecule has 2 aromatic rings. The molecule has 8 nitrogen and oxygen atoms in total. The summed E-state index contributed by atoms with van der Waals surface area (Å²) >= 11 is 0. The minimum Gasteiger partial charge on any atom is -0.494 e. The van der Waals surface area contributed by atoms with Gasteiger partial charge in [0.15, 0.2) is 0 Å². The van der Waals surface area contributed by atoms with Gasteiger partial charge < -0.3 is 15.4 Å². The number of ether oxygens (including phenoxy) is 1. The van der Waals surface area contributed by atoms with Gasteiger partial charge in [-0.2, -0.15) is 4.31 Å². The third-order valence-electron chi connectivity index (χ3n) is 5.49. The molecular formula is C24H31N3O5S. The second kappa shape index (κ2) is 10.8. The molecule has 2 amide bonds. The first-order valence-electron chi connectivity index (χ1n) is 11.2. The highest BCUT2D eigenvalue weighted by Gasteiger charge is 2.28. The topological polar surface area (TPSA) is 105 Å². The summed E-state index contributed by atoms with van der Waals surface area (Å²) in [6.07, 6.45) is 1.73. The third-order valence-corrected chi connectivity index (χ3v) is 7.40. The zero-order valence-electron chi connectivity index (χ0n) is 19.2. The normalized spacial score (nSPS) is 15.3. The molecule has 9 heteroatoms. The molecule has 2 aromatic carbocycles. The van der Waals surface area contributed by atoms with E-state index in [9.17, 15) is 18.0 Å². The van der Waals surface area contributed by atoms with Gasteiger partial charge in [-0.25, -0.2) is 8.42 Å². The summed E-state index contributed by atoms with van der Waals surface area (Å²) in [4.78, 5) is 25.7. The smallest absolute Gasteiger partial charge is 0.251 e. The molecule has 3 rings (SSSR count). The fraction of sp³-hybridized carbons (Fsp3) is 0.417. The Kier molecular flexibility index (Phi) is 8.10. The Morgan fingerprint density at radius 2 is 1.61 bits per heavy atom. The third kappa shape index (κ3) is 6.11. The minimum atomic E-state index is -3.51. The van der Waals surface area contributed by atoms with Crippen molar-refractivity contribution >= 4 is 27.5 Å². The number of carbonyl (C=O) groups excluding carboxylic acids is 2. The van der Waals surface area contributed by atoms with Gasteiger partial charge in [0.05, 0.1) is 11.5 Å². The van der Waals surface area contributed by atoms with Crippen LogP contribution < -0.4 is 15.4 Å². The van der Waals surface area contributed by atoms with Gasteiger partial charge in [0, 0.05) is 24.3 Å². The van der Waals surface area contributed by atoms with Crippen LogP contribution in [0.15, 0.2) is 53.4 Å². The first-order valence-corrected chi connectivity index (χ1v) is 12.6. The number of anilines is 1. The second-order valence-corrected chi connectivity index (χ2v) is 10.2. The molecule has 1 atom stereocenters. The quantitative estimate of drug-likeness (QED) is 0.582. The summed E-state index contributed by atoms with van der Waals surface area (Å²) < 4.78 is 32.2. The second-order valence-electron chi connectivity index (χ2n) is 8.28. The number of benzene rings is 2. The van der Waals surface area contributed by atoms with Gasteiger partial charge in [-0.1, -0.05) is 13.8 Å². The molecule has 1 unspecified atom stereocenters. The summed E-state index contributed by atoms with van der Waals surface area (Å²) in [7, 11) is -3.51. The predicted octanol–water partition coefficient (Wildman–Crippen LogP) is 3.26. The summed E-state index contributed by atoms with van der Waals surface area (Å²) in [5.41, 5.74) is 0.884. The molecule has 1 saturated heterocycles. The number of nitrogens with zero attached hydrogens (tertiary/aromatic N) is 1. The Bertz CT molecular complexity index is 1060. The largest absolute Gasteiger partial charge is 0.494 e. The number of amides is 2. The van der Waals surface area contributed by atoms with Crippen LogP contribution in [-0.4, -0.2) is 50.3 Å². The molecule has 2 N–H and O–H groups in total. The van der Waals surface area contributed by atoms with E-state index in [0.29, 0.717) is 36.7 Å². The van der Waals surface area contributed by atoms with Crippen LogP contribution in [0.3, 0.4) is 0 Å². The van der Waals surface area contributed by atoms with E-state index < -0.39 is 16.1 Å². The van der Waals surface area contributed by atoms with Crippen LogP contribution in [-0.2, 0) is 14.8 Å². The summed E-state index contributed by atoms with van der Waals surface area (Å²) in [6.45, 7) is 7.16. The van der Waals surface area contributed by atoms with E-state index >= 15 is 0 Å². The van der Waals surface area contributed by atoms with Crippen molar-refractivity contribution in [3.8, 4) is 5.75 Å². The highest BCUT2D eigenvalue weighted by molar-refractivity contribution is 7.89. The molecule has 1 aliphatic rings. The Hall–Kier alpha value is -2.91. The van der Waals surface area contributed by atoms with Crippen LogP contribution in [0.1, 0.15) is 44.0 Å². The number of hydrogen-bond acceptors (Lipinski definition) is 5. The fourth-order valence-electron chi connectivity index (χ4n) is 3.64. The monoisotopic (exact) mass is 473 g/mol. The first kappa shape index (κ1) is 24.7. The molecular weight excluding hydrogens is 442 g/mol. The summed E-state index contributed by atoms with van der Waals surface area (Å²) in [6, 6.07) is 12.1. The van der Waals surface area contributed by atoms with Crippen LogP contribution in [0.5, 0.6) is 5.75 Å². The van der Waals surface area contributed by atoms with Crippen LogP contribution >= 0.6 is 0 Å². The number of rotatable bonds is 9. The minimum absolute atomic E-state index is 0.161. The lowest BCUT2D eigenvalue weighted by atomic mass is 10.0. The van der Waals surface area contributed by atoms with Crippen LogP contribution in [0, 0.1) is 5.92 Å². The molecule has 0 aliphatic carbocycles. The Balaban J connectivity index is 1.65. The standard InChI is InChI=1S/C24H31N3O5S/c1-4-32-20-11-7-18(8-12-20)23(28)26-22(17(2)3)24(29)25-19-9-13-21(14-10-19)33(30,31)27-15-5-6-16-27/h7-14,17,22H,4-6,15-16H2,1-3H3,(H,25,29)(H,26,28). The molecule has 33 heavy (non-hydrogen) atoms. The maximum Gasteiger partial charge on any atom is 0.251 e. The zero-order valence-corrected chi connectivity index (χ0v) is 20.0. The van der Waals surface area contributed by atoms with Crippen molar-refractivity contribution in [1.29, 1.82) is 0 Å². The van der Waals surface area contributed by atoms with Gasteiger partial charge in [-0.15, -0.1) is 0 Å². The molecule has 0 aromatic heterocycles. The lowest BCUT2D eigenvalue weighted by Gasteiger charge is -2.22. The number of sulfonamides is 1. The first-order chi connectivity index (χ1) is 15.7. The van der Waals surface area contributed by atoms with Gasteiger partial charge in [0.2, 0.25) is 15.9 Å². The van der Waals surface area contributed by atoms with Crippen molar-refractivity contribution in [2.24, 2.45) is 5.92 Å². The van der Waals surface area contributed by atoms with Gasteiger partial charge in [0.25, 0.3) is 5.91 Å². The molecule has 1 aliphatic heterocycles. The van der Waals surface area contributed by atoms with Crippen LogP contribution in [0.2, 0.25) is 0 Å². The van der Waals surface area contributed by atoms with Crippen molar-refractivity contribution in [1.82, 2.24) is 9.62 Å². The van der Waals surface area contributed by atoms with Crippen molar-refractivity contribution < 1.29 is 22.7 Å². The molecule has 0 saturated carbocycles. The Morgan fingerprint density at radius 1 is 1.00 bits per heavy atom. The van der Waals surface area contributed by atoms with Crippen molar-refractivity contribution in [3.05, 3.63) is 54.1 Å². The van der Waals surface area contributed by atoms with E-state index in [4.69, 9.17) is 4.74 Å². The number of nitrogens with one attached hydrogen (secondary N) is 2. The molecule has 0 bridgehead atoms. The highest BCUT2D eigenvalue weighted by atomic mass is 32.2. The molecule has 1 fully saturated rings. The summed E-state index contributed by atoms with van der Waals surface area (Å²) in [5, 5.41) is 5.55. The number of carbonyl (C=O) groups is 2. The van der Waals surface area contributed by atoms with Crippen LogP contribution in [0.4, 0.5) is 5.69 Å². The van der Waals surface area contributed by atoms with Gasteiger partial charge >= 0.3 is 0 Å². The van der Waals surface area contributed by atoms with Crippen molar-refractivity contribution in [2.75, 3.05) is 25.0 Å². The van der Waals surface area contributed by atoms with E-state index in [2.05, 4.69) is 10.6 Å². The average molecular weight is 474 g/mol. The van der Waals surface area contributed by atoms with E-state index in [1.54, 1.807) is 36.4 Å². The van der Waals surface area contributed by atoms with Crippen LogP contribution in [0.25, 0.3) is 0 Å². The Labute approximate surface area is 195 Å². The average Bonchev–Trinajstić information content (AvgIpc) is 3.34. The van der Waals surface area contributed by atoms with E-state index in [-0.39, 0.29) is 22.6 Å². The molecule has 0 spiro atoms. The highest BCUT2D eigenvalue weighted by Crippen LogP contribution is 2.22. The molecule has 0 radical (unpaired) electrons. The van der Waals surface area contributed by atoms with E-state index in [1.807, 2.05) is 20.8 Å². The van der Waals surface area contributed by atoms with E-state index in [0.717, 1.165) is 12.8 Å². The van der Waals surface area contributed by atoms with Crippen molar-refractivity contribution in [2.45, 2.75) is 44.6 Å². The van der Waals surface area contributed by atoms with Gasteiger partial charge in [-0.05, 0) is 74.2 Å². The molecule has 1 heterocycles. The maximum atomic E-state index is 12.9. The zero-order chi connectivity index (χ0) is 24.0. The molecule has 178 valence electrons. The lowest BCUT2D eigenvalue weighted by molar-refractivity contribution is -0.118. The van der Waals surface area contributed by atoms with E-state index in [1.165, 1.54) is 16.4 Å². The number of hydrogen-bond donors (Lipinski definition) is 2. The Morgan fingerprint density at radius 3 is 2.15 bits per heavy atom. The summed E-state index contributed by atoms with van der Waals surface area (Å²) in [5.74, 6) is -0.229. The maximum absolute atomic E-state index is 12.9. The van der Waals surface area contributed by atoms with Crippen molar-refractivity contribution in [3.63, 3.8) is 0 Å². The lowest BCUT2D eigenvalue weighted by Crippen LogP contribution is -2.47. The SMILES string of the molecule is CCOc1ccc(C(=O)NC(C(=O)Nc2ccc(S(=O)(=O)N3CCCC3)cc2)C(C)C)cc1. The van der Waals surface area contributed by atoms with Gasteiger partial charge in [-0.3, -0.25) is 9.59 Å². The predicted molar refractivity (Wildman–Crippen MR) is 127 cm³/mol. The fourth-order valence-corrected chi connectivity index (χ4v) is 5.15. The van der Waals surface area contributed by atoms with Gasteiger partial charge in [0.1, 0.15) is 11.8 Å².